The van der Waals surface area contributed by atoms with E-state index < -0.39 is 0 Å². The topological polar surface area (TPSA) is 47.9 Å². The first kappa shape index (κ1) is 18.5. The van der Waals surface area contributed by atoms with Crippen LogP contribution in [0.4, 0.5) is 0 Å². The smallest absolute Gasteiger partial charge is 0.243 e. The number of carbonyl (C=O) groups excluding carboxylic acids is 1. The fourth-order valence-corrected chi connectivity index (χ4v) is 2.70. The van der Waals surface area contributed by atoms with Crippen molar-refractivity contribution in [1.82, 2.24) is 15.1 Å². The molecule has 0 heterocycles. The van der Waals surface area contributed by atoms with Gasteiger partial charge in [-0.1, -0.05) is 31.4 Å². The minimum Gasteiger partial charge on any atom is -0.356 e. The first-order valence-electron chi connectivity index (χ1n) is 8.24. The van der Waals surface area contributed by atoms with Gasteiger partial charge in [-0.05, 0) is 25.7 Å². The van der Waals surface area contributed by atoms with E-state index in [9.17, 15) is 4.79 Å². The fourth-order valence-electron chi connectivity index (χ4n) is 2.70. The molecular formula is C17H32N4O. The van der Waals surface area contributed by atoms with Gasteiger partial charge in [0.25, 0.3) is 0 Å². The van der Waals surface area contributed by atoms with Gasteiger partial charge in [0.15, 0.2) is 5.96 Å². The van der Waals surface area contributed by atoms with Crippen molar-refractivity contribution in [2.24, 2.45) is 10.9 Å². The molecule has 1 aliphatic rings. The standard InChI is InChI=1S/C17H32N4O/c1-14(2)13-21(5)17(19-12-16(22)20(3)4)18-11-15-9-7-6-8-10-15/h15H,1,6-13H2,2-5H3,(H,18,19). The summed E-state index contributed by atoms with van der Waals surface area (Å²) in [5.74, 6) is 1.53. The second-order valence-corrected chi connectivity index (χ2v) is 6.63. The average Bonchev–Trinajstić information content (AvgIpc) is 2.47. The van der Waals surface area contributed by atoms with E-state index in [0.717, 1.165) is 30.5 Å². The summed E-state index contributed by atoms with van der Waals surface area (Å²) in [5, 5.41) is 3.45. The largest absolute Gasteiger partial charge is 0.356 e. The van der Waals surface area contributed by atoms with Gasteiger partial charge < -0.3 is 15.1 Å². The zero-order valence-electron chi connectivity index (χ0n) is 14.7. The molecule has 22 heavy (non-hydrogen) atoms. The van der Waals surface area contributed by atoms with Crippen LogP contribution in [0.25, 0.3) is 0 Å². The lowest BCUT2D eigenvalue weighted by Crippen LogP contribution is -2.42. The van der Waals surface area contributed by atoms with E-state index in [1.54, 1.807) is 19.0 Å². The summed E-state index contributed by atoms with van der Waals surface area (Å²) in [6.45, 7) is 7.82. The third kappa shape index (κ3) is 6.96. The molecule has 1 aliphatic carbocycles. The van der Waals surface area contributed by atoms with Crippen molar-refractivity contribution in [3.05, 3.63) is 12.2 Å². The Hall–Kier alpha value is -1.52. The maximum atomic E-state index is 11.8. The number of carbonyl (C=O) groups is 1. The van der Waals surface area contributed by atoms with Gasteiger partial charge in [-0.2, -0.15) is 0 Å². The monoisotopic (exact) mass is 308 g/mol. The van der Waals surface area contributed by atoms with Crippen LogP contribution >= 0.6 is 0 Å². The average molecular weight is 308 g/mol. The van der Waals surface area contributed by atoms with Crippen LogP contribution in [0.5, 0.6) is 0 Å². The third-order valence-electron chi connectivity index (χ3n) is 4.01. The first-order chi connectivity index (χ1) is 10.4. The Bertz CT molecular complexity index is 397. The molecule has 0 spiro atoms. The second-order valence-electron chi connectivity index (χ2n) is 6.63. The van der Waals surface area contributed by atoms with E-state index in [0.29, 0.717) is 0 Å². The molecule has 1 rings (SSSR count). The molecule has 0 aromatic heterocycles. The summed E-state index contributed by atoms with van der Waals surface area (Å²) >= 11 is 0. The van der Waals surface area contributed by atoms with Crippen LogP contribution in [-0.4, -0.2) is 62.4 Å². The summed E-state index contributed by atoms with van der Waals surface area (Å²) in [7, 11) is 5.50. The Morgan fingerprint density at radius 1 is 1.23 bits per heavy atom. The van der Waals surface area contributed by atoms with E-state index in [-0.39, 0.29) is 12.5 Å². The molecule has 0 aromatic rings. The van der Waals surface area contributed by atoms with Crippen LogP contribution in [0.2, 0.25) is 0 Å². The predicted molar refractivity (Wildman–Crippen MR) is 93.0 cm³/mol. The normalized spacial score (nSPS) is 16.3. The Morgan fingerprint density at radius 3 is 2.41 bits per heavy atom. The van der Waals surface area contributed by atoms with E-state index in [1.165, 1.54) is 32.1 Å². The van der Waals surface area contributed by atoms with Crippen molar-refractivity contribution in [3.8, 4) is 0 Å². The highest BCUT2D eigenvalue weighted by Gasteiger charge is 2.15. The molecule has 0 aromatic carbocycles. The van der Waals surface area contributed by atoms with Gasteiger partial charge in [0.05, 0.1) is 0 Å². The number of guanidine groups is 1. The van der Waals surface area contributed by atoms with E-state index in [1.807, 2.05) is 18.9 Å². The molecule has 0 radical (unpaired) electrons. The van der Waals surface area contributed by atoms with Gasteiger partial charge >= 0.3 is 0 Å². The number of rotatable bonds is 6. The number of amides is 1. The number of hydrogen-bond acceptors (Lipinski definition) is 2. The van der Waals surface area contributed by atoms with Crippen molar-refractivity contribution in [3.63, 3.8) is 0 Å². The summed E-state index contributed by atoms with van der Waals surface area (Å²) in [6, 6.07) is 0. The van der Waals surface area contributed by atoms with Crippen LogP contribution in [-0.2, 0) is 4.79 Å². The Balaban J connectivity index is 2.61. The number of likely N-dealkylation sites (N-methyl/N-ethyl adjacent to an activating group) is 2. The van der Waals surface area contributed by atoms with Crippen molar-refractivity contribution in [1.29, 1.82) is 0 Å². The lowest BCUT2D eigenvalue weighted by Gasteiger charge is -2.27. The van der Waals surface area contributed by atoms with E-state index in [4.69, 9.17) is 0 Å². The third-order valence-corrected chi connectivity index (χ3v) is 4.01. The Kier molecular flexibility index (Phi) is 7.99. The molecule has 0 unspecified atom stereocenters. The molecule has 1 N–H and O–H groups in total. The van der Waals surface area contributed by atoms with Crippen molar-refractivity contribution >= 4 is 11.9 Å². The van der Waals surface area contributed by atoms with Crippen molar-refractivity contribution in [2.75, 3.05) is 40.8 Å². The van der Waals surface area contributed by atoms with E-state index >= 15 is 0 Å². The summed E-state index contributed by atoms with van der Waals surface area (Å²) in [6.07, 6.45) is 6.62. The maximum absolute atomic E-state index is 11.8. The SMILES string of the molecule is C=C(C)CN(C)C(=NCC(=O)N(C)C)NCC1CCCCC1. The molecule has 5 heteroatoms. The van der Waals surface area contributed by atoms with Crippen LogP contribution in [0.3, 0.4) is 0 Å². The number of hydrogen-bond donors (Lipinski definition) is 1. The summed E-state index contributed by atoms with van der Waals surface area (Å²) < 4.78 is 0. The van der Waals surface area contributed by atoms with Gasteiger partial charge in [-0.15, -0.1) is 0 Å². The highest BCUT2D eigenvalue weighted by Crippen LogP contribution is 2.22. The zero-order chi connectivity index (χ0) is 16.5. The molecule has 1 saturated carbocycles. The van der Waals surface area contributed by atoms with Gasteiger partial charge in [0, 0.05) is 34.2 Å². The van der Waals surface area contributed by atoms with Gasteiger partial charge in [0.1, 0.15) is 6.54 Å². The van der Waals surface area contributed by atoms with E-state index in [2.05, 4.69) is 16.9 Å². The molecule has 1 amide bonds. The molecule has 1 fully saturated rings. The molecule has 0 saturated heterocycles. The number of aliphatic imine (C=N–C) groups is 1. The molecular weight excluding hydrogens is 276 g/mol. The number of nitrogens with one attached hydrogen (secondary N) is 1. The van der Waals surface area contributed by atoms with Crippen LogP contribution in [0.1, 0.15) is 39.0 Å². The minimum absolute atomic E-state index is 0.0145. The first-order valence-corrected chi connectivity index (χ1v) is 8.24. The molecule has 5 nitrogen and oxygen atoms in total. The highest BCUT2D eigenvalue weighted by molar-refractivity contribution is 5.84. The molecule has 0 bridgehead atoms. The minimum atomic E-state index is 0.0145. The fraction of sp³-hybridized carbons (Fsp3) is 0.765. The van der Waals surface area contributed by atoms with Gasteiger partial charge in [-0.3, -0.25) is 4.79 Å². The van der Waals surface area contributed by atoms with Crippen molar-refractivity contribution < 1.29 is 4.79 Å². The summed E-state index contributed by atoms with van der Waals surface area (Å²) in [4.78, 5) is 19.8. The Labute approximate surface area is 135 Å². The summed E-state index contributed by atoms with van der Waals surface area (Å²) in [5.41, 5.74) is 1.08. The molecule has 0 atom stereocenters. The predicted octanol–water partition coefficient (Wildman–Crippen LogP) is 2.11. The lowest BCUT2D eigenvalue weighted by atomic mass is 9.89. The van der Waals surface area contributed by atoms with Crippen molar-refractivity contribution in [2.45, 2.75) is 39.0 Å². The highest BCUT2D eigenvalue weighted by atomic mass is 16.2. The second kappa shape index (κ2) is 9.49. The Morgan fingerprint density at radius 2 is 1.86 bits per heavy atom. The van der Waals surface area contributed by atoms with Gasteiger partial charge in [-0.25, -0.2) is 4.99 Å². The molecule has 126 valence electrons. The van der Waals surface area contributed by atoms with Crippen LogP contribution in [0.15, 0.2) is 17.1 Å². The zero-order valence-corrected chi connectivity index (χ0v) is 14.7. The number of nitrogens with zero attached hydrogens (tertiary/aromatic N) is 3. The van der Waals surface area contributed by atoms with Crippen LogP contribution in [0, 0.1) is 5.92 Å². The quantitative estimate of drug-likeness (QED) is 0.464. The molecule has 0 aliphatic heterocycles. The lowest BCUT2D eigenvalue weighted by molar-refractivity contribution is -0.127. The maximum Gasteiger partial charge on any atom is 0.243 e. The van der Waals surface area contributed by atoms with Crippen LogP contribution < -0.4 is 5.32 Å². The van der Waals surface area contributed by atoms with Gasteiger partial charge in [0.2, 0.25) is 5.91 Å².